The third-order valence-corrected chi connectivity index (χ3v) is 5.17. The molecule has 0 aromatic heterocycles. The number of nitrogens with one attached hydrogen (secondary N) is 1. The quantitative estimate of drug-likeness (QED) is 0.763. The second-order valence-corrected chi connectivity index (χ2v) is 7.55. The van der Waals surface area contributed by atoms with Gasteiger partial charge in [0.25, 0.3) is 0 Å². The molecule has 0 amide bonds. The molecule has 16 heavy (non-hydrogen) atoms. The van der Waals surface area contributed by atoms with Crippen molar-refractivity contribution in [3.05, 3.63) is 0 Å². The Bertz CT molecular complexity index is 250. The molecule has 2 atom stereocenters. The minimum Gasteiger partial charge on any atom is -0.313 e. The lowest BCUT2D eigenvalue weighted by Crippen LogP contribution is -2.37. The summed E-state index contributed by atoms with van der Waals surface area (Å²) in [6.45, 7) is 13.3. The van der Waals surface area contributed by atoms with Crippen molar-refractivity contribution in [2.75, 3.05) is 6.54 Å². The van der Waals surface area contributed by atoms with Crippen LogP contribution in [0.4, 0.5) is 0 Å². The Labute approximate surface area is 101 Å². The van der Waals surface area contributed by atoms with Gasteiger partial charge in [0.1, 0.15) is 0 Å². The Kier molecular flexibility index (Phi) is 3.11. The van der Waals surface area contributed by atoms with Crippen molar-refractivity contribution < 1.29 is 0 Å². The molecule has 1 heteroatoms. The summed E-state index contributed by atoms with van der Waals surface area (Å²) >= 11 is 0. The van der Waals surface area contributed by atoms with Crippen LogP contribution in [0.2, 0.25) is 0 Å². The summed E-state index contributed by atoms with van der Waals surface area (Å²) in [5, 5.41) is 3.87. The monoisotopic (exact) mass is 223 g/mol. The predicted octanol–water partition coefficient (Wildman–Crippen LogP) is 3.84. The van der Waals surface area contributed by atoms with Crippen LogP contribution < -0.4 is 5.32 Å². The van der Waals surface area contributed by atoms with E-state index in [0.717, 1.165) is 17.9 Å². The van der Waals surface area contributed by atoms with Crippen molar-refractivity contribution in [2.24, 2.45) is 22.7 Å². The van der Waals surface area contributed by atoms with Crippen molar-refractivity contribution in [1.29, 1.82) is 0 Å². The van der Waals surface area contributed by atoms with E-state index in [2.05, 4.69) is 39.9 Å². The Morgan fingerprint density at radius 1 is 1.19 bits per heavy atom. The molecule has 0 aromatic carbocycles. The number of hydrogen-bond acceptors (Lipinski definition) is 1. The highest BCUT2D eigenvalue weighted by molar-refractivity contribution is 4.99. The third kappa shape index (κ3) is 2.45. The van der Waals surface area contributed by atoms with E-state index in [4.69, 9.17) is 0 Å². The molecule has 2 aliphatic carbocycles. The second kappa shape index (κ2) is 4.01. The molecule has 2 saturated carbocycles. The van der Waals surface area contributed by atoms with E-state index in [9.17, 15) is 0 Å². The summed E-state index contributed by atoms with van der Waals surface area (Å²) in [5.41, 5.74) is 1.22. The fourth-order valence-electron chi connectivity index (χ4n) is 3.62. The number of hydrogen-bond donors (Lipinski definition) is 1. The maximum atomic E-state index is 3.87. The topological polar surface area (TPSA) is 12.0 Å². The molecular weight excluding hydrogens is 194 g/mol. The zero-order valence-corrected chi connectivity index (χ0v) is 11.8. The van der Waals surface area contributed by atoms with Gasteiger partial charge in [0.2, 0.25) is 0 Å². The Morgan fingerprint density at radius 2 is 1.81 bits per heavy atom. The van der Waals surface area contributed by atoms with Gasteiger partial charge in [-0.25, -0.2) is 0 Å². The molecule has 0 bridgehead atoms. The lowest BCUT2D eigenvalue weighted by molar-refractivity contribution is 0.299. The lowest BCUT2D eigenvalue weighted by Gasteiger charge is -2.25. The molecule has 2 aliphatic rings. The van der Waals surface area contributed by atoms with Crippen molar-refractivity contribution >= 4 is 0 Å². The number of rotatable bonds is 4. The van der Waals surface area contributed by atoms with Gasteiger partial charge in [0.05, 0.1) is 0 Å². The van der Waals surface area contributed by atoms with Crippen LogP contribution >= 0.6 is 0 Å². The first-order valence-corrected chi connectivity index (χ1v) is 7.08. The molecule has 0 saturated heterocycles. The van der Waals surface area contributed by atoms with E-state index < -0.39 is 0 Å². The van der Waals surface area contributed by atoms with E-state index in [0.29, 0.717) is 10.8 Å². The molecule has 0 spiro atoms. The summed E-state index contributed by atoms with van der Waals surface area (Å²) in [6.07, 6.45) is 5.64. The largest absolute Gasteiger partial charge is 0.313 e. The van der Waals surface area contributed by atoms with Gasteiger partial charge in [-0.1, -0.05) is 34.6 Å². The van der Waals surface area contributed by atoms with E-state index in [-0.39, 0.29) is 0 Å². The molecule has 1 N–H and O–H groups in total. The van der Waals surface area contributed by atoms with Gasteiger partial charge in [-0.05, 0) is 48.3 Å². The van der Waals surface area contributed by atoms with Crippen LogP contribution in [0.3, 0.4) is 0 Å². The van der Waals surface area contributed by atoms with Gasteiger partial charge in [-0.3, -0.25) is 0 Å². The van der Waals surface area contributed by atoms with Gasteiger partial charge in [-0.15, -0.1) is 0 Å². The molecule has 2 rings (SSSR count). The first-order chi connectivity index (χ1) is 7.35. The summed E-state index contributed by atoms with van der Waals surface area (Å²) < 4.78 is 0. The van der Waals surface area contributed by atoms with Crippen LogP contribution in [0, 0.1) is 22.7 Å². The maximum Gasteiger partial charge on any atom is 0.00982 e. The van der Waals surface area contributed by atoms with Gasteiger partial charge >= 0.3 is 0 Å². The zero-order valence-electron chi connectivity index (χ0n) is 11.8. The van der Waals surface area contributed by atoms with Crippen molar-refractivity contribution in [1.82, 2.24) is 5.32 Å². The molecule has 0 radical (unpaired) electrons. The standard InChI is InChI=1S/C15H29N/c1-11(2)15(6-7-15)10-16-13-9-14(4,5)8-12(13)3/h11-13,16H,6-10H2,1-5H3. The molecular formula is C15H29N. The Hall–Kier alpha value is -0.0400. The molecule has 0 heterocycles. The van der Waals surface area contributed by atoms with Crippen LogP contribution in [0.5, 0.6) is 0 Å². The minimum atomic E-state index is 0.561. The minimum absolute atomic E-state index is 0.561. The predicted molar refractivity (Wildman–Crippen MR) is 70.5 cm³/mol. The summed E-state index contributed by atoms with van der Waals surface area (Å²) in [5.74, 6) is 1.71. The van der Waals surface area contributed by atoms with Crippen molar-refractivity contribution in [3.63, 3.8) is 0 Å². The smallest absolute Gasteiger partial charge is 0.00982 e. The fourth-order valence-corrected chi connectivity index (χ4v) is 3.62. The van der Waals surface area contributed by atoms with Gasteiger partial charge in [-0.2, -0.15) is 0 Å². The highest BCUT2D eigenvalue weighted by atomic mass is 15.0. The highest BCUT2D eigenvalue weighted by Crippen LogP contribution is 2.51. The van der Waals surface area contributed by atoms with Gasteiger partial charge in [0, 0.05) is 12.6 Å². The average Bonchev–Trinajstić information content (AvgIpc) is 2.87. The summed E-state index contributed by atoms with van der Waals surface area (Å²) in [7, 11) is 0. The molecule has 94 valence electrons. The van der Waals surface area contributed by atoms with E-state index in [1.54, 1.807) is 0 Å². The molecule has 1 nitrogen and oxygen atoms in total. The second-order valence-electron chi connectivity index (χ2n) is 7.55. The van der Waals surface area contributed by atoms with Crippen molar-refractivity contribution in [3.8, 4) is 0 Å². The van der Waals surface area contributed by atoms with Gasteiger partial charge in [0.15, 0.2) is 0 Å². The highest BCUT2D eigenvalue weighted by Gasteiger charge is 2.46. The van der Waals surface area contributed by atoms with E-state index in [1.807, 2.05) is 0 Å². The van der Waals surface area contributed by atoms with Crippen molar-refractivity contribution in [2.45, 2.75) is 66.3 Å². The molecule has 2 unspecified atom stereocenters. The first kappa shape index (κ1) is 12.4. The fraction of sp³-hybridized carbons (Fsp3) is 1.00. The zero-order chi connectivity index (χ0) is 12.0. The average molecular weight is 223 g/mol. The SMILES string of the molecule is CC1CC(C)(C)CC1NCC1(C(C)C)CC1. The molecule has 2 fully saturated rings. The maximum absolute atomic E-state index is 3.87. The Morgan fingerprint density at radius 3 is 2.19 bits per heavy atom. The lowest BCUT2D eigenvalue weighted by atomic mass is 9.90. The van der Waals surface area contributed by atoms with Crippen LogP contribution in [-0.2, 0) is 0 Å². The summed E-state index contributed by atoms with van der Waals surface area (Å²) in [4.78, 5) is 0. The van der Waals surface area contributed by atoms with Crippen LogP contribution in [0.25, 0.3) is 0 Å². The van der Waals surface area contributed by atoms with Crippen LogP contribution in [-0.4, -0.2) is 12.6 Å². The van der Waals surface area contributed by atoms with Gasteiger partial charge < -0.3 is 5.32 Å². The van der Waals surface area contributed by atoms with E-state index in [1.165, 1.54) is 32.2 Å². The Balaban J connectivity index is 1.83. The molecule has 0 aliphatic heterocycles. The van der Waals surface area contributed by atoms with Crippen LogP contribution in [0.1, 0.15) is 60.3 Å². The molecule has 0 aromatic rings. The summed E-state index contributed by atoms with van der Waals surface area (Å²) in [6, 6.07) is 0.770. The first-order valence-electron chi connectivity index (χ1n) is 7.08. The normalized spacial score (nSPS) is 35.6. The van der Waals surface area contributed by atoms with E-state index >= 15 is 0 Å². The third-order valence-electron chi connectivity index (χ3n) is 5.17. The van der Waals surface area contributed by atoms with Crippen LogP contribution in [0.15, 0.2) is 0 Å².